The molecule has 4 heteroatoms. The van der Waals surface area contributed by atoms with Gasteiger partial charge in [0.2, 0.25) is 0 Å². The van der Waals surface area contributed by atoms with Crippen LogP contribution in [0.15, 0.2) is 12.1 Å². The van der Waals surface area contributed by atoms with E-state index < -0.39 is 0 Å². The van der Waals surface area contributed by atoms with Crippen molar-refractivity contribution in [2.75, 3.05) is 18.6 Å². The average Bonchev–Trinajstić information content (AvgIpc) is 2.69. The minimum absolute atomic E-state index is 0.0159. The van der Waals surface area contributed by atoms with Crippen molar-refractivity contribution in [2.24, 2.45) is 0 Å². The average molecular weight is 243 g/mol. The first-order valence-electron chi connectivity index (χ1n) is 5.43. The standard InChI is InChI=1S/C12H15F2NS/c1-16-7-6-15-11-5-2-8-9(13)3-4-10(14)12(8)11/h3-4,11,15H,2,5-7H2,1H3. The predicted molar refractivity (Wildman–Crippen MR) is 63.8 cm³/mol. The van der Waals surface area contributed by atoms with Crippen LogP contribution in [0.2, 0.25) is 0 Å². The molecule has 88 valence electrons. The molecule has 1 atom stereocenters. The third-order valence-electron chi connectivity index (χ3n) is 2.98. The van der Waals surface area contributed by atoms with E-state index in [2.05, 4.69) is 5.32 Å². The maximum Gasteiger partial charge on any atom is 0.128 e. The van der Waals surface area contributed by atoms with E-state index in [1.54, 1.807) is 11.8 Å². The van der Waals surface area contributed by atoms with Gasteiger partial charge in [-0.25, -0.2) is 8.78 Å². The molecule has 1 aliphatic rings. The van der Waals surface area contributed by atoms with Crippen LogP contribution in [0.5, 0.6) is 0 Å². The summed E-state index contributed by atoms with van der Waals surface area (Å²) in [4.78, 5) is 0. The third-order valence-corrected chi connectivity index (χ3v) is 3.59. The molecule has 0 saturated carbocycles. The minimum atomic E-state index is -0.282. The molecule has 0 fully saturated rings. The van der Waals surface area contributed by atoms with Gasteiger partial charge in [0.1, 0.15) is 11.6 Å². The molecule has 2 rings (SSSR count). The topological polar surface area (TPSA) is 12.0 Å². The lowest BCUT2D eigenvalue weighted by molar-refractivity contribution is 0.517. The largest absolute Gasteiger partial charge is 0.309 e. The monoisotopic (exact) mass is 243 g/mol. The van der Waals surface area contributed by atoms with E-state index in [1.165, 1.54) is 12.1 Å². The van der Waals surface area contributed by atoms with Gasteiger partial charge in [-0.15, -0.1) is 0 Å². The molecule has 0 spiro atoms. The highest BCUT2D eigenvalue weighted by molar-refractivity contribution is 7.98. The Morgan fingerprint density at radius 2 is 2.12 bits per heavy atom. The summed E-state index contributed by atoms with van der Waals surface area (Å²) in [6.45, 7) is 0.835. The summed E-state index contributed by atoms with van der Waals surface area (Å²) in [5.74, 6) is 0.434. The van der Waals surface area contributed by atoms with Gasteiger partial charge >= 0.3 is 0 Å². The van der Waals surface area contributed by atoms with Crippen molar-refractivity contribution < 1.29 is 8.78 Å². The predicted octanol–water partition coefficient (Wildman–Crippen LogP) is 2.90. The third kappa shape index (κ3) is 2.23. The molecular weight excluding hydrogens is 228 g/mol. The van der Waals surface area contributed by atoms with Crippen molar-refractivity contribution in [3.8, 4) is 0 Å². The van der Waals surface area contributed by atoms with Gasteiger partial charge in [0.05, 0.1) is 0 Å². The summed E-state index contributed by atoms with van der Waals surface area (Å²) in [7, 11) is 0. The molecule has 1 aromatic carbocycles. The van der Waals surface area contributed by atoms with Crippen LogP contribution in [0, 0.1) is 11.6 Å². The second-order valence-corrected chi connectivity index (χ2v) is 4.95. The van der Waals surface area contributed by atoms with Gasteiger partial charge in [-0.1, -0.05) is 0 Å². The van der Waals surface area contributed by atoms with Crippen LogP contribution in [0.4, 0.5) is 8.78 Å². The van der Waals surface area contributed by atoms with Crippen molar-refractivity contribution >= 4 is 11.8 Å². The molecule has 0 aromatic heterocycles. The fourth-order valence-corrected chi connectivity index (χ4v) is 2.53. The first kappa shape index (κ1) is 11.9. The zero-order valence-electron chi connectivity index (χ0n) is 9.22. The van der Waals surface area contributed by atoms with Gasteiger partial charge < -0.3 is 5.32 Å². The number of hydrogen-bond acceptors (Lipinski definition) is 2. The van der Waals surface area contributed by atoms with E-state index in [4.69, 9.17) is 0 Å². The summed E-state index contributed by atoms with van der Waals surface area (Å²) in [5.41, 5.74) is 1.10. The molecule has 1 aromatic rings. The molecule has 1 aliphatic carbocycles. The minimum Gasteiger partial charge on any atom is -0.309 e. The molecule has 0 saturated heterocycles. The number of benzene rings is 1. The van der Waals surface area contributed by atoms with Crippen LogP contribution in [0.25, 0.3) is 0 Å². The number of halogens is 2. The van der Waals surface area contributed by atoms with Crippen molar-refractivity contribution in [1.82, 2.24) is 5.32 Å². The smallest absolute Gasteiger partial charge is 0.128 e. The Hall–Kier alpha value is -0.610. The summed E-state index contributed by atoms with van der Waals surface area (Å²) in [6.07, 6.45) is 3.46. The van der Waals surface area contributed by atoms with Gasteiger partial charge in [0.25, 0.3) is 0 Å². The normalized spacial score (nSPS) is 18.8. The quantitative estimate of drug-likeness (QED) is 0.816. The molecule has 1 N–H and O–H groups in total. The molecular formula is C12H15F2NS. The first-order chi connectivity index (χ1) is 7.74. The molecule has 1 unspecified atom stereocenters. The Bertz CT molecular complexity index is 382. The van der Waals surface area contributed by atoms with E-state index in [0.29, 0.717) is 17.5 Å². The highest BCUT2D eigenvalue weighted by atomic mass is 32.2. The van der Waals surface area contributed by atoms with E-state index in [0.717, 1.165) is 18.7 Å². The maximum absolute atomic E-state index is 13.6. The summed E-state index contributed by atoms with van der Waals surface area (Å²) >= 11 is 1.74. The lowest BCUT2D eigenvalue weighted by atomic mass is 10.1. The van der Waals surface area contributed by atoms with Gasteiger partial charge in [-0.05, 0) is 36.8 Å². The lowest BCUT2D eigenvalue weighted by Gasteiger charge is -2.14. The van der Waals surface area contributed by atoms with E-state index >= 15 is 0 Å². The van der Waals surface area contributed by atoms with Crippen LogP contribution in [0.3, 0.4) is 0 Å². The Labute approximate surface area is 98.6 Å². The Balaban J connectivity index is 2.15. The Morgan fingerprint density at radius 3 is 2.88 bits per heavy atom. The van der Waals surface area contributed by atoms with Crippen LogP contribution >= 0.6 is 11.8 Å². The number of hydrogen-bond donors (Lipinski definition) is 1. The SMILES string of the molecule is CSCCNC1CCc2c(F)ccc(F)c21. The molecule has 1 nitrogen and oxygen atoms in total. The zero-order valence-corrected chi connectivity index (χ0v) is 10.0. The van der Waals surface area contributed by atoms with E-state index in [1.807, 2.05) is 6.26 Å². The second-order valence-electron chi connectivity index (χ2n) is 3.96. The maximum atomic E-state index is 13.6. The number of nitrogens with one attached hydrogen (secondary N) is 1. The fourth-order valence-electron chi connectivity index (χ4n) is 2.21. The molecule has 0 aliphatic heterocycles. The van der Waals surface area contributed by atoms with Crippen molar-refractivity contribution in [2.45, 2.75) is 18.9 Å². The van der Waals surface area contributed by atoms with Crippen molar-refractivity contribution in [3.05, 3.63) is 34.9 Å². The molecule has 16 heavy (non-hydrogen) atoms. The van der Waals surface area contributed by atoms with E-state index in [-0.39, 0.29) is 17.7 Å². The number of fused-ring (bicyclic) bond motifs is 1. The Kier molecular flexibility index (Phi) is 3.82. The molecule has 0 radical (unpaired) electrons. The Morgan fingerprint density at radius 1 is 1.38 bits per heavy atom. The van der Waals surface area contributed by atoms with Crippen LogP contribution in [-0.2, 0) is 6.42 Å². The fraction of sp³-hybridized carbons (Fsp3) is 0.500. The number of thioether (sulfide) groups is 1. The van der Waals surface area contributed by atoms with Crippen LogP contribution < -0.4 is 5.32 Å². The molecule has 0 bridgehead atoms. The van der Waals surface area contributed by atoms with Gasteiger partial charge in [-0.2, -0.15) is 11.8 Å². The number of rotatable bonds is 4. The second kappa shape index (κ2) is 5.15. The van der Waals surface area contributed by atoms with E-state index in [9.17, 15) is 8.78 Å². The summed E-state index contributed by atoms with van der Waals surface area (Å²) < 4.78 is 27.1. The molecule has 0 amide bonds. The van der Waals surface area contributed by atoms with Gasteiger partial charge in [-0.3, -0.25) is 0 Å². The highest BCUT2D eigenvalue weighted by Gasteiger charge is 2.27. The first-order valence-corrected chi connectivity index (χ1v) is 6.82. The van der Waals surface area contributed by atoms with Crippen molar-refractivity contribution in [3.63, 3.8) is 0 Å². The van der Waals surface area contributed by atoms with Crippen LogP contribution in [0.1, 0.15) is 23.6 Å². The summed E-state index contributed by atoms with van der Waals surface area (Å²) in [6, 6.07) is 2.43. The van der Waals surface area contributed by atoms with Gasteiger partial charge in [0, 0.05) is 23.9 Å². The zero-order chi connectivity index (χ0) is 11.5. The van der Waals surface area contributed by atoms with Crippen LogP contribution in [-0.4, -0.2) is 18.6 Å². The summed E-state index contributed by atoms with van der Waals surface area (Å²) in [5, 5.41) is 3.28. The molecule has 0 heterocycles. The lowest BCUT2D eigenvalue weighted by Crippen LogP contribution is -2.22. The van der Waals surface area contributed by atoms with Gasteiger partial charge in [0.15, 0.2) is 0 Å². The highest BCUT2D eigenvalue weighted by Crippen LogP contribution is 2.34. The van der Waals surface area contributed by atoms with Crippen molar-refractivity contribution in [1.29, 1.82) is 0 Å².